The molecule has 0 spiro atoms. The van der Waals surface area contributed by atoms with Crippen molar-refractivity contribution in [3.63, 3.8) is 0 Å². The Morgan fingerprint density at radius 1 is 1.15 bits per heavy atom. The minimum absolute atomic E-state index is 0.0940. The summed E-state index contributed by atoms with van der Waals surface area (Å²) in [6.45, 7) is 4.92. The first-order chi connectivity index (χ1) is 9.65. The van der Waals surface area contributed by atoms with E-state index in [0.717, 1.165) is 12.2 Å². The molecule has 0 saturated heterocycles. The molecule has 0 unspecified atom stereocenters. The van der Waals surface area contributed by atoms with Crippen LogP contribution in [0.15, 0.2) is 18.2 Å². The maximum absolute atomic E-state index is 11.9. The van der Waals surface area contributed by atoms with E-state index in [1.54, 1.807) is 0 Å². The predicted octanol–water partition coefficient (Wildman–Crippen LogP) is 3.55. The average molecular weight is 274 g/mol. The number of benzene rings is 1. The highest BCUT2D eigenvalue weighted by Gasteiger charge is 2.12. The van der Waals surface area contributed by atoms with Crippen LogP contribution in [0.1, 0.15) is 49.7 Å². The minimum Gasteiger partial charge on any atom is -0.326 e. The minimum atomic E-state index is 0.0940. The molecule has 1 amide bonds. The molecule has 20 heavy (non-hydrogen) atoms. The van der Waals surface area contributed by atoms with E-state index in [1.165, 1.54) is 43.2 Å². The third-order valence-corrected chi connectivity index (χ3v) is 4.18. The van der Waals surface area contributed by atoms with Gasteiger partial charge >= 0.3 is 0 Å². The molecule has 0 heterocycles. The van der Waals surface area contributed by atoms with Gasteiger partial charge in [-0.25, -0.2) is 0 Å². The van der Waals surface area contributed by atoms with Gasteiger partial charge < -0.3 is 10.6 Å². The molecule has 3 heteroatoms. The molecule has 1 fully saturated rings. The standard InChI is InChI=1S/C17H26N2O/c1-13-8-9-16(12-14(13)2)19-17(20)10-11-18-15-6-4-3-5-7-15/h8-9,12,15,18H,3-7,10-11H2,1-2H3,(H,19,20). The van der Waals surface area contributed by atoms with Gasteiger partial charge in [-0.1, -0.05) is 25.3 Å². The Labute approximate surface area is 122 Å². The summed E-state index contributed by atoms with van der Waals surface area (Å²) in [6, 6.07) is 6.67. The van der Waals surface area contributed by atoms with E-state index in [0.29, 0.717) is 12.5 Å². The number of anilines is 1. The van der Waals surface area contributed by atoms with Gasteiger partial charge in [-0.05, 0) is 49.9 Å². The van der Waals surface area contributed by atoms with Crippen LogP contribution in [0.25, 0.3) is 0 Å². The third-order valence-electron chi connectivity index (χ3n) is 4.18. The van der Waals surface area contributed by atoms with Crippen LogP contribution in [-0.4, -0.2) is 18.5 Å². The Kier molecular flexibility index (Phi) is 5.60. The zero-order valence-electron chi connectivity index (χ0n) is 12.7. The summed E-state index contributed by atoms with van der Waals surface area (Å²) < 4.78 is 0. The number of aryl methyl sites for hydroxylation is 2. The lowest BCUT2D eigenvalue weighted by molar-refractivity contribution is -0.116. The zero-order valence-corrected chi connectivity index (χ0v) is 12.7. The fourth-order valence-corrected chi connectivity index (χ4v) is 2.74. The molecule has 1 aromatic carbocycles. The molecule has 2 rings (SSSR count). The molecule has 110 valence electrons. The molecule has 0 aromatic heterocycles. The van der Waals surface area contributed by atoms with Crippen LogP contribution in [-0.2, 0) is 4.79 Å². The maximum Gasteiger partial charge on any atom is 0.225 e. The number of nitrogens with one attached hydrogen (secondary N) is 2. The summed E-state index contributed by atoms with van der Waals surface area (Å²) in [5.74, 6) is 0.0940. The Morgan fingerprint density at radius 2 is 1.90 bits per heavy atom. The summed E-state index contributed by atoms with van der Waals surface area (Å²) in [5, 5.41) is 6.47. The van der Waals surface area contributed by atoms with E-state index in [4.69, 9.17) is 0 Å². The summed E-state index contributed by atoms with van der Waals surface area (Å²) in [6.07, 6.45) is 7.09. The van der Waals surface area contributed by atoms with E-state index in [1.807, 2.05) is 18.2 Å². The number of carbonyl (C=O) groups excluding carboxylic acids is 1. The van der Waals surface area contributed by atoms with Gasteiger partial charge in [-0.15, -0.1) is 0 Å². The van der Waals surface area contributed by atoms with Crippen molar-refractivity contribution >= 4 is 11.6 Å². The molecular formula is C17H26N2O. The van der Waals surface area contributed by atoms with Crippen molar-refractivity contribution in [1.29, 1.82) is 0 Å². The second kappa shape index (κ2) is 7.44. The van der Waals surface area contributed by atoms with Crippen molar-refractivity contribution in [2.75, 3.05) is 11.9 Å². The molecular weight excluding hydrogens is 248 g/mol. The second-order valence-corrected chi connectivity index (χ2v) is 5.89. The van der Waals surface area contributed by atoms with Gasteiger partial charge in [0.25, 0.3) is 0 Å². The highest BCUT2D eigenvalue weighted by Crippen LogP contribution is 2.17. The molecule has 2 N–H and O–H groups in total. The summed E-state index contributed by atoms with van der Waals surface area (Å²) in [7, 11) is 0. The molecule has 1 aliphatic carbocycles. The van der Waals surface area contributed by atoms with Gasteiger partial charge in [0.05, 0.1) is 0 Å². The number of hydrogen-bond acceptors (Lipinski definition) is 2. The maximum atomic E-state index is 11.9. The zero-order chi connectivity index (χ0) is 14.4. The Hall–Kier alpha value is -1.35. The molecule has 1 aromatic rings. The van der Waals surface area contributed by atoms with Crippen LogP contribution < -0.4 is 10.6 Å². The van der Waals surface area contributed by atoms with Gasteiger partial charge in [-0.2, -0.15) is 0 Å². The smallest absolute Gasteiger partial charge is 0.225 e. The fourth-order valence-electron chi connectivity index (χ4n) is 2.74. The Balaban J connectivity index is 1.70. The summed E-state index contributed by atoms with van der Waals surface area (Å²) in [4.78, 5) is 11.9. The van der Waals surface area contributed by atoms with Gasteiger partial charge in [0.15, 0.2) is 0 Å². The molecule has 1 aliphatic rings. The lowest BCUT2D eigenvalue weighted by Gasteiger charge is -2.22. The highest BCUT2D eigenvalue weighted by atomic mass is 16.1. The first-order valence-electron chi connectivity index (χ1n) is 7.75. The van der Waals surface area contributed by atoms with E-state index in [2.05, 4.69) is 24.5 Å². The van der Waals surface area contributed by atoms with Crippen molar-refractivity contribution in [2.45, 2.75) is 58.4 Å². The van der Waals surface area contributed by atoms with Gasteiger partial charge in [0.1, 0.15) is 0 Å². The number of amides is 1. The van der Waals surface area contributed by atoms with Crippen LogP contribution in [0.4, 0.5) is 5.69 Å². The molecule has 0 radical (unpaired) electrons. The normalized spacial score (nSPS) is 16.1. The number of carbonyl (C=O) groups is 1. The molecule has 3 nitrogen and oxygen atoms in total. The Bertz CT molecular complexity index is 450. The monoisotopic (exact) mass is 274 g/mol. The number of hydrogen-bond donors (Lipinski definition) is 2. The van der Waals surface area contributed by atoms with Crippen LogP contribution >= 0.6 is 0 Å². The van der Waals surface area contributed by atoms with E-state index < -0.39 is 0 Å². The summed E-state index contributed by atoms with van der Waals surface area (Å²) in [5.41, 5.74) is 3.36. The van der Waals surface area contributed by atoms with Crippen LogP contribution in [0.5, 0.6) is 0 Å². The Morgan fingerprint density at radius 3 is 2.60 bits per heavy atom. The van der Waals surface area contributed by atoms with Crippen LogP contribution in [0.3, 0.4) is 0 Å². The van der Waals surface area contributed by atoms with Crippen LogP contribution in [0.2, 0.25) is 0 Å². The van der Waals surface area contributed by atoms with E-state index in [9.17, 15) is 4.79 Å². The van der Waals surface area contributed by atoms with Gasteiger partial charge in [0.2, 0.25) is 5.91 Å². The third kappa shape index (κ3) is 4.64. The van der Waals surface area contributed by atoms with Crippen LogP contribution in [0, 0.1) is 13.8 Å². The second-order valence-electron chi connectivity index (χ2n) is 5.89. The SMILES string of the molecule is Cc1ccc(NC(=O)CCNC2CCCCC2)cc1C. The van der Waals surface area contributed by atoms with E-state index in [-0.39, 0.29) is 5.91 Å². The molecule has 1 saturated carbocycles. The predicted molar refractivity (Wildman–Crippen MR) is 84.0 cm³/mol. The largest absolute Gasteiger partial charge is 0.326 e. The van der Waals surface area contributed by atoms with Crippen molar-refractivity contribution in [2.24, 2.45) is 0 Å². The van der Waals surface area contributed by atoms with Gasteiger partial charge in [0, 0.05) is 24.7 Å². The van der Waals surface area contributed by atoms with Crippen molar-refractivity contribution in [1.82, 2.24) is 5.32 Å². The van der Waals surface area contributed by atoms with E-state index >= 15 is 0 Å². The van der Waals surface area contributed by atoms with Crippen molar-refractivity contribution in [3.8, 4) is 0 Å². The first-order valence-corrected chi connectivity index (χ1v) is 7.75. The quantitative estimate of drug-likeness (QED) is 0.862. The molecule has 0 bridgehead atoms. The highest BCUT2D eigenvalue weighted by molar-refractivity contribution is 5.90. The fraction of sp³-hybridized carbons (Fsp3) is 0.588. The topological polar surface area (TPSA) is 41.1 Å². The average Bonchev–Trinajstić information content (AvgIpc) is 2.44. The first kappa shape index (κ1) is 15.0. The number of rotatable bonds is 5. The van der Waals surface area contributed by atoms with Crippen molar-refractivity contribution in [3.05, 3.63) is 29.3 Å². The molecule has 0 aliphatic heterocycles. The lowest BCUT2D eigenvalue weighted by atomic mass is 9.95. The molecule has 0 atom stereocenters. The van der Waals surface area contributed by atoms with Crippen molar-refractivity contribution < 1.29 is 4.79 Å². The van der Waals surface area contributed by atoms with Gasteiger partial charge in [-0.3, -0.25) is 4.79 Å². The summed E-state index contributed by atoms with van der Waals surface area (Å²) >= 11 is 0. The lowest BCUT2D eigenvalue weighted by Crippen LogP contribution is -2.33.